The molecule has 0 fully saturated rings. The Labute approximate surface area is 136 Å². The second kappa shape index (κ2) is 6.60. The molecule has 1 aromatic heterocycles. The van der Waals surface area contributed by atoms with Crippen molar-refractivity contribution >= 4 is 45.4 Å². The molecule has 1 heterocycles. The first kappa shape index (κ1) is 14.6. The molecular weight excluding hydrogens is 318 g/mol. The van der Waals surface area contributed by atoms with Crippen LogP contribution in [0.4, 0.5) is 16.5 Å². The van der Waals surface area contributed by atoms with Crippen molar-refractivity contribution in [3.05, 3.63) is 70.7 Å². The number of benzene rings is 2. The van der Waals surface area contributed by atoms with Gasteiger partial charge in [0.25, 0.3) is 5.91 Å². The summed E-state index contributed by atoms with van der Waals surface area (Å²) >= 11 is 7.54. The Hall–Kier alpha value is -2.37. The van der Waals surface area contributed by atoms with Crippen LogP contribution in [-0.4, -0.2) is 10.9 Å². The van der Waals surface area contributed by atoms with Crippen LogP contribution in [0.2, 0.25) is 5.02 Å². The molecule has 2 N–H and O–H groups in total. The summed E-state index contributed by atoms with van der Waals surface area (Å²) < 4.78 is 0. The van der Waals surface area contributed by atoms with Crippen LogP contribution < -0.4 is 10.6 Å². The van der Waals surface area contributed by atoms with Crippen molar-refractivity contribution in [2.75, 3.05) is 10.6 Å². The molecule has 110 valence electrons. The number of hydrogen-bond acceptors (Lipinski definition) is 4. The zero-order valence-electron chi connectivity index (χ0n) is 11.4. The van der Waals surface area contributed by atoms with Gasteiger partial charge in [0.2, 0.25) is 0 Å². The van der Waals surface area contributed by atoms with E-state index in [1.165, 1.54) is 11.3 Å². The number of nitrogens with one attached hydrogen (secondary N) is 2. The number of para-hydroxylation sites is 1. The smallest absolute Gasteiger partial charge is 0.255 e. The van der Waals surface area contributed by atoms with Gasteiger partial charge in [0.1, 0.15) is 0 Å². The molecule has 0 saturated carbocycles. The van der Waals surface area contributed by atoms with Crippen molar-refractivity contribution in [2.24, 2.45) is 0 Å². The maximum Gasteiger partial charge on any atom is 0.255 e. The molecule has 0 spiro atoms. The number of hydrogen-bond donors (Lipinski definition) is 2. The lowest BCUT2D eigenvalue weighted by Crippen LogP contribution is -2.12. The maximum absolute atomic E-state index is 12.3. The molecule has 0 unspecified atom stereocenters. The van der Waals surface area contributed by atoms with E-state index in [4.69, 9.17) is 11.6 Å². The number of aromatic nitrogens is 1. The Balaban J connectivity index is 1.77. The van der Waals surface area contributed by atoms with Gasteiger partial charge in [-0.2, -0.15) is 0 Å². The van der Waals surface area contributed by atoms with Crippen molar-refractivity contribution < 1.29 is 4.79 Å². The van der Waals surface area contributed by atoms with Gasteiger partial charge in [-0.05, 0) is 30.3 Å². The molecule has 0 aliphatic heterocycles. The molecule has 4 nitrogen and oxygen atoms in total. The Kier molecular flexibility index (Phi) is 4.37. The first-order valence-electron chi connectivity index (χ1n) is 6.55. The van der Waals surface area contributed by atoms with Gasteiger partial charge in [0.15, 0.2) is 5.13 Å². The van der Waals surface area contributed by atoms with E-state index in [2.05, 4.69) is 15.6 Å². The number of thiazole rings is 1. The molecular formula is C16H12ClN3OS. The van der Waals surface area contributed by atoms with Gasteiger partial charge in [-0.15, -0.1) is 11.3 Å². The van der Waals surface area contributed by atoms with Crippen LogP contribution in [-0.2, 0) is 0 Å². The average Bonchev–Trinajstić information content (AvgIpc) is 3.03. The van der Waals surface area contributed by atoms with E-state index in [0.717, 1.165) is 10.8 Å². The summed E-state index contributed by atoms with van der Waals surface area (Å²) in [6.45, 7) is 0. The second-order valence-corrected chi connectivity index (χ2v) is 5.78. The predicted molar refractivity (Wildman–Crippen MR) is 91.2 cm³/mol. The van der Waals surface area contributed by atoms with Crippen molar-refractivity contribution in [1.82, 2.24) is 4.98 Å². The van der Waals surface area contributed by atoms with Gasteiger partial charge in [0, 0.05) is 22.8 Å². The van der Waals surface area contributed by atoms with Crippen LogP contribution in [0.5, 0.6) is 0 Å². The van der Waals surface area contributed by atoms with Gasteiger partial charge >= 0.3 is 0 Å². The van der Waals surface area contributed by atoms with Crippen LogP contribution in [0.3, 0.4) is 0 Å². The summed E-state index contributed by atoms with van der Waals surface area (Å²) in [6.07, 6.45) is 1.72. The van der Waals surface area contributed by atoms with E-state index < -0.39 is 0 Å². The lowest BCUT2D eigenvalue weighted by molar-refractivity contribution is 0.102. The van der Waals surface area contributed by atoms with Crippen molar-refractivity contribution in [3.63, 3.8) is 0 Å². The molecule has 2 aromatic carbocycles. The normalized spacial score (nSPS) is 10.2. The fourth-order valence-electron chi connectivity index (χ4n) is 1.90. The summed E-state index contributed by atoms with van der Waals surface area (Å²) in [5.74, 6) is -0.212. The summed E-state index contributed by atoms with van der Waals surface area (Å²) in [5.41, 5.74) is 1.94. The number of rotatable bonds is 4. The summed E-state index contributed by atoms with van der Waals surface area (Å²) in [5, 5.41) is 9.13. The summed E-state index contributed by atoms with van der Waals surface area (Å²) in [6, 6.07) is 14.4. The minimum atomic E-state index is -0.212. The standard InChI is InChI=1S/C16H12ClN3OS/c17-13-6-1-2-7-14(13)20-15(21)11-4-3-5-12(10-11)19-16-18-8-9-22-16/h1-10H,(H,18,19)(H,20,21). The van der Waals surface area contributed by atoms with Crippen LogP contribution in [0.25, 0.3) is 0 Å². The molecule has 6 heteroatoms. The first-order chi connectivity index (χ1) is 10.7. The lowest BCUT2D eigenvalue weighted by Gasteiger charge is -2.08. The highest BCUT2D eigenvalue weighted by molar-refractivity contribution is 7.13. The Morgan fingerprint density at radius 2 is 2.00 bits per heavy atom. The highest BCUT2D eigenvalue weighted by Gasteiger charge is 2.09. The SMILES string of the molecule is O=C(Nc1ccccc1Cl)c1cccc(Nc2nccs2)c1. The van der Waals surface area contributed by atoms with Crippen molar-refractivity contribution in [1.29, 1.82) is 0 Å². The van der Waals surface area contributed by atoms with Crippen LogP contribution in [0.1, 0.15) is 10.4 Å². The van der Waals surface area contributed by atoms with E-state index in [-0.39, 0.29) is 5.91 Å². The molecule has 3 aromatic rings. The summed E-state index contributed by atoms with van der Waals surface area (Å²) in [4.78, 5) is 16.5. The van der Waals surface area contributed by atoms with E-state index in [0.29, 0.717) is 16.3 Å². The van der Waals surface area contributed by atoms with E-state index >= 15 is 0 Å². The average molecular weight is 330 g/mol. The largest absolute Gasteiger partial charge is 0.332 e. The highest BCUT2D eigenvalue weighted by atomic mass is 35.5. The third-order valence-corrected chi connectivity index (χ3v) is 3.95. The van der Waals surface area contributed by atoms with Crippen LogP contribution in [0, 0.1) is 0 Å². The molecule has 22 heavy (non-hydrogen) atoms. The fourth-order valence-corrected chi connectivity index (χ4v) is 2.64. The molecule has 0 atom stereocenters. The van der Waals surface area contributed by atoms with Gasteiger partial charge < -0.3 is 10.6 Å². The van der Waals surface area contributed by atoms with E-state index in [9.17, 15) is 4.79 Å². The Morgan fingerprint density at radius 1 is 1.14 bits per heavy atom. The molecule has 1 amide bonds. The zero-order valence-corrected chi connectivity index (χ0v) is 13.0. The van der Waals surface area contributed by atoms with E-state index in [1.54, 1.807) is 30.5 Å². The van der Waals surface area contributed by atoms with Crippen molar-refractivity contribution in [2.45, 2.75) is 0 Å². The highest BCUT2D eigenvalue weighted by Crippen LogP contribution is 2.23. The summed E-state index contributed by atoms with van der Waals surface area (Å²) in [7, 11) is 0. The second-order valence-electron chi connectivity index (χ2n) is 4.48. The van der Waals surface area contributed by atoms with Crippen molar-refractivity contribution in [3.8, 4) is 0 Å². The van der Waals surface area contributed by atoms with Gasteiger partial charge in [-0.25, -0.2) is 4.98 Å². The third kappa shape index (κ3) is 3.44. The topological polar surface area (TPSA) is 54.0 Å². The quantitative estimate of drug-likeness (QED) is 0.723. The zero-order chi connectivity index (χ0) is 15.4. The van der Waals surface area contributed by atoms with Gasteiger partial charge in [0.05, 0.1) is 10.7 Å². The third-order valence-electron chi connectivity index (χ3n) is 2.93. The monoisotopic (exact) mass is 329 g/mol. The number of carbonyl (C=O) groups is 1. The number of anilines is 3. The molecule has 0 bridgehead atoms. The number of amides is 1. The first-order valence-corrected chi connectivity index (χ1v) is 7.80. The minimum absolute atomic E-state index is 0.212. The van der Waals surface area contributed by atoms with Gasteiger partial charge in [-0.3, -0.25) is 4.79 Å². The predicted octanol–water partition coefficient (Wildman–Crippen LogP) is 4.79. The molecule has 3 rings (SSSR count). The fraction of sp³-hybridized carbons (Fsp3) is 0. The molecule has 0 aliphatic rings. The molecule has 0 saturated heterocycles. The number of halogens is 1. The van der Waals surface area contributed by atoms with Gasteiger partial charge in [-0.1, -0.05) is 29.8 Å². The Bertz CT molecular complexity index is 790. The lowest BCUT2D eigenvalue weighted by atomic mass is 10.2. The number of carbonyl (C=O) groups excluding carboxylic acids is 1. The maximum atomic E-state index is 12.3. The Morgan fingerprint density at radius 3 is 2.77 bits per heavy atom. The minimum Gasteiger partial charge on any atom is -0.332 e. The van der Waals surface area contributed by atoms with Crippen LogP contribution >= 0.6 is 22.9 Å². The number of nitrogens with zero attached hydrogens (tertiary/aromatic N) is 1. The van der Waals surface area contributed by atoms with Crippen LogP contribution in [0.15, 0.2) is 60.1 Å². The molecule has 0 aliphatic carbocycles. The molecule has 0 radical (unpaired) electrons. The van der Waals surface area contributed by atoms with E-state index in [1.807, 2.05) is 29.6 Å².